The summed E-state index contributed by atoms with van der Waals surface area (Å²) in [7, 11) is 4.90. The van der Waals surface area contributed by atoms with E-state index in [0.717, 1.165) is 48.6 Å². The minimum Gasteiger partial charge on any atom is -0.491 e. The minimum atomic E-state index is -0.549. The number of likely N-dealkylation sites (N-methyl/N-ethyl adjacent to an activating group) is 2. The molecule has 5 N–H and O–H groups in total. The number of aliphatic imine (C=N–C) groups is 1. The molecule has 2 aromatic carbocycles. The summed E-state index contributed by atoms with van der Waals surface area (Å²) in [5, 5.41) is 8.79. The number of nitrogens with one attached hydrogen (secondary N) is 3. The first-order valence-corrected chi connectivity index (χ1v) is 18.1. The molecule has 2 amide bonds. The lowest BCUT2D eigenvalue weighted by atomic mass is 10.00. The molecule has 0 unspecified atom stereocenters. The number of rotatable bonds is 22. The van der Waals surface area contributed by atoms with Crippen molar-refractivity contribution in [1.29, 1.82) is 0 Å². The smallest absolute Gasteiger partial charge is 0.243 e. The van der Waals surface area contributed by atoms with Crippen molar-refractivity contribution in [2.75, 3.05) is 65.6 Å². The molecule has 0 spiro atoms. The molecule has 0 fully saturated rings. The van der Waals surface area contributed by atoms with Gasteiger partial charge in [0.2, 0.25) is 11.8 Å². The van der Waals surface area contributed by atoms with Crippen LogP contribution in [0.25, 0.3) is 0 Å². The molecule has 1 heterocycles. The number of anilines is 1. The Morgan fingerprint density at radius 3 is 2.54 bits per heavy atom. The van der Waals surface area contributed by atoms with E-state index in [1.54, 1.807) is 6.07 Å². The van der Waals surface area contributed by atoms with Gasteiger partial charge in [0.05, 0.1) is 38.6 Å². The molecule has 0 saturated heterocycles. The number of fused-ring (bicyclic) bond motifs is 1. The van der Waals surface area contributed by atoms with Crippen molar-refractivity contribution >= 4 is 42.5 Å². The van der Waals surface area contributed by atoms with Gasteiger partial charge in [-0.1, -0.05) is 50.6 Å². The number of carbonyl (C=O) groups is 4. The van der Waals surface area contributed by atoms with E-state index < -0.39 is 12.1 Å². The Labute approximate surface area is 318 Å². The predicted molar refractivity (Wildman–Crippen MR) is 209 cm³/mol. The van der Waals surface area contributed by atoms with Crippen LogP contribution in [0.2, 0.25) is 0 Å². The van der Waals surface area contributed by atoms with Crippen LogP contribution in [0.1, 0.15) is 50.7 Å². The summed E-state index contributed by atoms with van der Waals surface area (Å²) in [6, 6.07) is 12.3. The molecule has 1 aliphatic heterocycles. The lowest BCUT2D eigenvalue weighted by Crippen LogP contribution is -2.44. The molecule has 13 nitrogen and oxygen atoms in total. The fraction of sp³-hybridized carbons (Fsp3) is 0.513. The zero-order chi connectivity index (χ0) is 40.3. The molecule has 3 rings (SSSR count). The maximum Gasteiger partial charge on any atom is 0.243 e. The second kappa shape index (κ2) is 27.7. The molecule has 2 aromatic rings. The molecule has 0 saturated carbocycles. The summed E-state index contributed by atoms with van der Waals surface area (Å²) in [5.41, 5.74) is 9.66. The summed E-state index contributed by atoms with van der Waals surface area (Å²) in [4.78, 5) is 52.2. The fourth-order valence-electron chi connectivity index (χ4n) is 5.28. The number of carbonyl (C=O) groups excluding carboxylic acids is 4. The van der Waals surface area contributed by atoms with Gasteiger partial charge in [0.15, 0.2) is 0 Å². The van der Waals surface area contributed by atoms with Crippen molar-refractivity contribution in [1.82, 2.24) is 21.1 Å². The molecular weight excluding hydrogens is 700 g/mol. The van der Waals surface area contributed by atoms with Gasteiger partial charge in [0, 0.05) is 51.3 Å². The summed E-state index contributed by atoms with van der Waals surface area (Å²) in [5.74, 6) is 0.635. The van der Waals surface area contributed by atoms with E-state index in [1.807, 2.05) is 69.2 Å². The normalized spacial score (nSPS) is 14.2. The lowest BCUT2D eigenvalue weighted by Gasteiger charge is -2.24. The average molecular weight is 760 g/mol. The third kappa shape index (κ3) is 18.2. The molecule has 3 atom stereocenters. The Morgan fingerprint density at radius 1 is 1.17 bits per heavy atom. The van der Waals surface area contributed by atoms with Gasteiger partial charge in [-0.05, 0) is 55.8 Å². The molecule has 1 aliphatic rings. The Morgan fingerprint density at radius 2 is 1.91 bits per heavy atom. The number of para-hydroxylation sites is 3. The maximum atomic E-state index is 12.9. The molecule has 54 heavy (non-hydrogen) atoms. The topological polar surface area (TPSA) is 168 Å². The number of ether oxygens (including phenoxy) is 2. The van der Waals surface area contributed by atoms with Crippen molar-refractivity contribution in [3.05, 3.63) is 65.5 Å². The Balaban J connectivity index is 0.000000564. The van der Waals surface area contributed by atoms with Crippen LogP contribution >= 0.6 is 0 Å². The Kier molecular flexibility index (Phi) is 24.2. The highest BCUT2D eigenvalue weighted by molar-refractivity contribution is 5.89. The SMILES string of the molecule is C=Nc1ccccc1OCCC=O.CC[C@H](C)CC(=O)N[C@H](C=O)CCc1cccc2c1N(C)[C@H](C(=O)NC/C(N)=C\N(C)F)C2.CNCCOCCF. The number of nitrogens with two attached hydrogens (primary N) is 1. The lowest BCUT2D eigenvalue weighted by molar-refractivity contribution is -0.124. The van der Waals surface area contributed by atoms with E-state index in [-0.39, 0.29) is 43.3 Å². The van der Waals surface area contributed by atoms with E-state index in [9.17, 15) is 28.0 Å². The quantitative estimate of drug-likeness (QED) is 0.0596. The van der Waals surface area contributed by atoms with Crippen molar-refractivity contribution in [3.63, 3.8) is 0 Å². The predicted octanol–water partition coefficient (Wildman–Crippen LogP) is 4.01. The van der Waals surface area contributed by atoms with E-state index in [2.05, 4.69) is 27.7 Å². The monoisotopic (exact) mass is 759 g/mol. The van der Waals surface area contributed by atoms with Crippen molar-refractivity contribution in [2.45, 2.75) is 64.5 Å². The average Bonchev–Trinajstić information content (AvgIpc) is 3.51. The number of alkyl halides is 1. The van der Waals surface area contributed by atoms with Crippen molar-refractivity contribution in [2.24, 2.45) is 16.6 Å². The number of amides is 2. The largest absolute Gasteiger partial charge is 0.491 e. The number of hydrogen-bond donors (Lipinski definition) is 4. The number of benzene rings is 2. The second-order valence-electron chi connectivity index (χ2n) is 12.6. The van der Waals surface area contributed by atoms with Crippen LogP contribution in [0, 0.1) is 5.92 Å². The van der Waals surface area contributed by atoms with Gasteiger partial charge >= 0.3 is 0 Å². The van der Waals surface area contributed by atoms with Crippen LogP contribution in [0.15, 0.2) is 59.4 Å². The maximum absolute atomic E-state index is 12.9. The molecule has 15 heteroatoms. The number of nitrogens with zero attached hydrogens (tertiary/aromatic N) is 3. The number of aryl methyl sites for hydroxylation is 1. The zero-order valence-electron chi connectivity index (χ0n) is 32.3. The Bertz CT molecular complexity index is 1460. The second-order valence-corrected chi connectivity index (χ2v) is 12.6. The first-order chi connectivity index (χ1) is 25.9. The summed E-state index contributed by atoms with van der Waals surface area (Å²) >= 11 is 0. The van der Waals surface area contributed by atoms with E-state index in [4.69, 9.17) is 15.2 Å². The summed E-state index contributed by atoms with van der Waals surface area (Å²) in [6.07, 6.45) is 6.04. The van der Waals surface area contributed by atoms with E-state index in [0.29, 0.717) is 61.9 Å². The number of hydrogen-bond acceptors (Lipinski definition) is 11. The van der Waals surface area contributed by atoms with Crippen LogP contribution in [0.5, 0.6) is 5.75 Å². The first kappa shape index (κ1) is 47.1. The summed E-state index contributed by atoms with van der Waals surface area (Å²) in [6.45, 7) is 9.13. The fourth-order valence-corrected chi connectivity index (χ4v) is 5.28. The standard InChI is InChI=1S/C24H36FN5O3.C10H11NO2.C5H12FNO/c1-5-16(2)11-22(32)28-20(15-31)10-9-17-7-6-8-18-12-21(30(4)23(17)18)24(33)27-13-19(26)14-29(3)25;1-11-9-5-2-3-6-10(9)13-8-4-7-12;1-7-3-5-8-4-2-6/h6-8,14-16,20-21H,5,9-13,26H2,1-4H3,(H,27,33)(H,28,32);2-3,5-7H,1,4,8H2;7H,2-5H2,1H3/b19-14+;;/t16-,20-,21-;;/m0../s1. The molecule has 0 radical (unpaired) electrons. The zero-order valence-corrected chi connectivity index (χ0v) is 32.3. The number of halogens is 2. The molecule has 0 aromatic heterocycles. The third-order valence-corrected chi connectivity index (χ3v) is 8.26. The van der Waals surface area contributed by atoms with Crippen LogP contribution in [-0.2, 0) is 36.8 Å². The van der Waals surface area contributed by atoms with Gasteiger partial charge in [-0.3, -0.25) is 14.6 Å². The van der Waals surface area contributed by atoms with Gasteiger partial charge < -0.3 is 45.6 Å². The van der Waals surface area contributed by atoms with Gasteiger partial charge in [0.1, 0.15) is 36.7 Å². The Hall–Kier alpha value is -4.89. The van der Waals surface area contributed by atoms with Gasteiger partial charge in [-0.2, -0.15) is 0 Å². The van der Waals surface area contributed by atoms with Gasteiger partial charge in [-0.15, -0.1) is 4.48 Å². The molecule has 300 valence electrons. The highest BCUT2D eigenvalue weighted by atomic mass is 19.2. The highest BCUT2D eigenvalue weighted by Gasteiger charge is 2.33. The van der Waals surface area contributed by atoms with Crippen LogP contribution in [-0.4, -0.2) is 109 Å². The van der Waals surface area contributed by atoms with Crippen molar-refractivity contribution in [3.8, 4) is 5.75 Å². The van der Waals surface area contributed by atoms with Crippen LogP contribution in [0.3, 0.4) is 0 Å². The minimum absolute atomic E-state index is 0.0536. The highest BCUT2D eigenvalue weighted by Crippen LogP contribution is 2.35. The molecule has 0 bridgehead atoms. The van der Waals surface area contributed by atoms with Crippen LogP contribution < -0.4 is 31.3 Å². The van der Waals surface area contributed by atoms with Gasteiger partial charge in [-0.25, -0.2) is 9.51 Å². The van der Waals surface area contributed by atoms with Crippen LogP contribution in [0.4, 0.5) is 20.2 Å². The summed E-state index contributed by atoms with van der Waals surface area (Å²) < 4.78 is 34.2. The van der Waals surface area contributed by atoms with Crippen molar-refractivity contribution < 1.29 is 37.5 Å². The molecular formula is C39H59F2N7O6. The van der Waals surface area contributed by atoms with E-state index >= 15 is 0 Å². The molecule has 0 aliphatic carbocycles. The third-order valence-electron chi connectivity index (χ3n) is 8.26. The van der Waals surface area contributed by atoms with Gasteiger partial charge in [0.25, 0.3) is 0 Å². The number of aldehydes is 2. The van der Waals surface area contributed by atoms with E-state index in [1.165, 1.54) is 7.05 Å². The first-order valence-electron chi connectivity index (χ1n) is 18.1.